The van der Waals surface area contributed by atoms with Crippen molar-refractivity contribution in [2.45, 2.75) is 52.9 Å². The topological polar surface area (TPSA) is 0 Å². The van der Waals surface area contributed by atoms with Crippen molar-refractivity contribution in [3.8, 4) is 11.7 Å². The van der Waals surface area contributed by atoms with E-state index in [2.05, 4.69) is 56.6 Å². The van der Waals surface area contributed by atoms with E-state index in [9.17, 15) is 0 Å². The summed E-state index contributed by atoms with van der Waals surface area (Å²) < 4.78 is 0. The van der Waals surface area contributed by atoms with Gasteiger partial charge in [0.15, 0.2) is 0 Å². The van der Waals surface area contributed by atoms with Crippen molar-refractivity contribution in [1.82, 2.24) is 0 Å². The number of hydrogen-bond acceptors (Lipinski definition) is 0. The van der Waals surface area contributed by atoms with Crippen LogP contribution in [0.15, 0.2) is 24.1 Å². The van der Waals surface area contributed by atoms with Gasteiger partial charge in [-0.2, -0.15) is 5.92 Å². The third-order valence-corrected chi connectivity index (χ3v) is 2.08. The number of hydrogen-bond donors (Lipinski definition) is 0. The second-order valence-corrected chi connectivity index (χ2v) is 3.62. The van der Waals surface area contributed by atoms with Crippen LogP contribution in [0.1, 0.15) is 52.9 Å². The van der Waals surface area contributed by atoms with Gasteiger partial charge in [-0.1, -0.05) is 27.2 Å². The molecule has 0 aromatic heterocycles. The van der Waals surface area contributed by atoms with Crippen LogP contribution in [0.25, 0.3) is 0 Å². The largest absolute Gasteiger partial charge is 0.342 e. The van der Waals surface area contributed by atoms with Crippen molar-refractivity contribution < 1.29 is 0 Å². The Morgan fingerprint density at radius 1 is 1.00 bits per heavy atom. The van der Waals surface area contributed by atoms with Crippen LogP contribution in [-0.2, 0) is 0 Å². The van der Waals surface area contributed by atoms with E-state index in [1.165, 1.54) is 12.8 Å². The number of allylic oxidation sites excluding steroid dienone is 2. The van der Waals surface area contributed by atoms with Gasteiger partial charge in [0.25, 0.3) is 0 Å². The summed E-state index contributed by atoms with van der Waals surface area (Å²) in [4.78, 5) is 0. The van der Waals surface area contributed by atoms with E-state index in [0.29, 0.717) is 6.71 Å². The molecule has 0 fully saturated rings. The molecule has 0 unspecified atom stereocenters. The molecule has 0 nitrogen and oxygen atoms in total. The highest BCUT2D eigenvalue weighted by Gasteiger charge is 1.81. The molecule has 0 aliphatic carbocycles. The zero-order valence-electron chi connectivity index (χ0n) is 10.4. The van der Waals surface area contributed by atoms with Crippen LogP contribution in [0.5, 0.6) is 0 Å². The molecule has 0 saturated heterocycles. The zero-order valence-corrected chi connectivity index (χ0v) is 10.4. The molecule has 0 atom stereocenters. The molecule has 83 valence electrons. The maximum absolute atomic E-state index is 3.30. The van der Waals surface area contributed by atoms with Gasteiger partial charge in [0, 0.05) is 6.42 Å². The van der Waals surface area contributed by atoms with E-state index in [1.807, 2.05) is 0 Å². The van der Waals surface area contributed by atoms with Gasteiger partial charge in [-0.05, 0) is 26.0 Å². The Labute approximate surface area is 95.9 Å². The second kappa shape index (κ2) is 11.2. The summed E-state index contributed by atoms with van der Waals surface area (Å²) in [5, 5.41) is 0. The van der Waals surface area contributed by atoms with Gasteiger partial charge >= 0.3 is 0 Å². The Hall–Kier alpha value is -0.895. The smallest absolute Gasteiger partial charge is 0.00494 e. The third kappa shape index (κ3) is 9.41. The van der Waals surface area contributed by atoms with Crippen LogP contribution < -0.4 is 0 Å². The molecule has 0 spiro atoms. The summed E-state index contributed by atoms with van der Waals surface area (Å²) in [5.74, 6) is 11.0. The summed E-state index contributed by atoms with van der Waals surface area (Å²) in [6.07, 6.45) is 10.1. The number of rotatable bonds is 6. The van der Waals surface area contributed by atoms with Crippen LogP contribution in [0, 0.1) is 11.7 Å². The average Bonchev–Trinajstić information content (AvgIpc) is 2.27. The predicted molar refractivity (Wildman–Crippen MR) is 71.9 cm³/mol. The molecule has 0 aliphatic rings. The fourth-order valence-electron chi connectivity index (χ4n) is 1.18. The van der Waals surface area contributed by atoms with E-state index in [-0.39, 0.29) is 0 Å². The van der Waals surface area contributed by atoms with Crippen molar-refractivity contribution in [3.05, 3.63) is 24.1 Å². The molecule has 1 heteroatoms. The lowest BCUT2D eigenvalue weighted by molar-refractivity contribution is 0.828. The molecular weight excluding hydrogens is 179 g/mol. The van der Waals surface area contributed by atoms with Crippen LogP contribution in [0.3, 0.4) is 0 Å². The van der Waals surface area contributed by atoms with E-state index in [4.69, 9.17) is 0 Å². The molecule has 0 amide bonds. The summed E-state index contributed by atoms with van der Waals surface area (Å²) in [5.41, 5.74) is 0. The minimum absolute atomic E-state index is 0.321. The highest BCUT2D eigenvalue weighted by Crippen LogP contribution is 1.94. The molecule has 0 aromatic rings. The maximum Gasteiger partial charge on any atom is 0.00494 e. The quantitative estimate of drug-likeness (QED) is 0.343. The monoisotopic (exact) mass is 202 g/mol. The van der Waals surface area contributed by atoms with Crippen LogP contribution in [0.2, 0.25) is 0 Å². The molecule has 15 heavy (non-hydrogen) atoms. The fourth-order valence-corrected chi connectivity index (χ4v) is 1.18. The van der Waals surface area contributed by atoms with E-state index >= 15 is 0 Å². The van der Waals surface area contributed by atoms with Crippen LogP contribution >= 0.6 is 0 Å². The second-order valence-electron chi connectivity index (χ2n) is 3.62. The molecule has 0 saturated carbocycles. The first kappa shape index (κ1) is 14.1. The van der Waals surface area contributed by atoms with Crippen molar-refractivity contribution >= 4 is 6.71 Å². The summed E-state index contributed by atoms with van der Waals surface area (Å²) in [6.45, 7) is 6.83. The molecular formula is C14H23B-. The van der Waals surface area contributed by atoms with E-state index in [1.54, 1.807) is 0 Å². The molecule has 0 bridgehead atoms. The Morgan fingerprint density at radius 2 is 1.60 bits per heavy atom. The first-order valence-corrected chi connectivity index (χ1v) is 6.16. The van der Waals surface area contributed by atoms with Gasteiger partial charge in [0.05, 0.1) is 0 Å². The summed E-state index contributed by atoms with van der Waals surface area (Å²) >= 11 is 0. The van der Waals surface area contributed by atoms with Gasteiger partial charge < -0.3 is 5.82 Å². The van der Waals surface area contributed by atoms with Gasteiger partial charge in [-0.25, -0.2) is 0 Å². The van der Waals surface area contributed by atoms with Crippen molar-refractivity contribution in [2.75, 3.05) is 0 Å². The molecule has 0 N–H and O–H groups in total. The molecule has 1 radical (unpaired) electrons. The first-order chi connectivity index (χ1) is 7.35. The van der Waals surface area contributed by atoms with Crippen molar-refractivity contribution in [1.29, 1.82) is 0 Å². The van der Waals surface area contributed by atoms with E-state index < -0.39 is 0 Å². The molecule has 0 aromatic carbocycles. The normalized spacial score (nSPS) is 11.2. The highest BCUT2D eigenvalue weighted by molar-refractivity contribution is 6.77. The fraction of sp³-hybridized carbons (Fsp3) is 0.571. The molecule has 0 heterocycles. The Morgan fingerprint density at radius 3 is 2.07 bits per heavy atom. The highest BCUT2D eigenvalue weighted by atomic mass is 13.8. The first-order valence-electron chi connectivity index (χ1n) is 6.16. The van der Waals surface area contributed by atoms with Crippen molar-refractivity contribution in [2.24, 2.45) is 0 Å². The lowest BCUT2D eigenvalue weighted by Gasteiger charge is -2.08. The lowest BCUT2D eigenvalue weighted by Crippen LogP contribution is -2.02. The summed E-state index contributed by atoms with van der Waals surface area (Å²) in [7, 11) is 0. The Bertz CT molecular complexity index is 226. The minimum Gasteiger partial charge on any atom is -0.342 e. The van der Waals surface area contributed by atoms with Crippen LogP contribution in [0.4, 0.5) is 0 Å². The van der Waals surface area contributed by atoms with E-state index in [0.717, 1.165) is 19.3 Å². The van der Waals surface area contributed by atoms with Gasteiger partial charge in [-0.3, -0.25) is 12.0 Å². The third-order valence-electron chi connectivity index (χ3n) is 2.08. The predicted octanol–water partition coefficient (Wildman–Crippen LogP) is 4.22. The summed E-state index contributed by atoms with van der Waals surface area (Å²) in [6, 6.07) is 0. The Kier molecular flexibility index (Phi) is 10.5. The standard InChI is InChI=1S/C14H23B/c1-4-7-10-11-14-15(12-8-5-2)13-9-6-3/h8-9,12-13H,4-7,10H2,1-3H3/q-1/b12-8+,13-9+. The molecule has 0 rings (SSSR count). The Balaban J connectivity index is 4.14. The van der Waals surface area contributed by atoms with Gasteiger partial charge in [-0.15, -0.1) is 12.2 Å². The lowest BCUT2D eigenvalue weighted by atomic mass is 9.50. The minimum atomic E-state index is 0.321. The zero-order chi connectivity index (χ0) is 11.4. The number of unbranched alkanes of at least 4 members (excludes halogenated alkanes) is 2. The van der Waals surface area contributed by atoms with Crippen molar-refractivity contribution in [3.63, 3.8) is 0 Å². The van der Waals surface area contributed by atoms with Gasteiger partial charge in [0.2, 0.25) is 0 Å². The maximum atomic E-state index is 3.30. The molecule has 0 aliphatic heterocycles. The SMILES string of the molecule is CC/C=C/[B-](C#CCCCC)/C=C/CC. The average molecular weight is 202 g/mol. The van der Waals surface area contributed by atoms with Gasteiger partial charge in [0.1, 0.15) is 0 Å². The van der Waals surface area contributed by atoms with Crippen LogP contribution in [-0.4, -0.2) is 6.71 Å².